The summed E-state index contributed by atoms with van der Waals surface area (Å²) < 4.78 is 5.55. The summed E-state index contributed by atoms with van der Waals surface area (Å²) >= 11 is 11.9. The van der Waals surface area contributed by atoms with Gasteiger partial charge in [0.15, 0.2) is 5.75 Å². The van der Waals surface area contributed by atoms with E-state index in [4.69, 9.17) is 27.9 Å². The highest BCUT2D eigenvalue weighted by Crippen LogP contribution is 2.39. The maximum atomic E-state index is 10.8. The molecule has 0 unspecified atom stereocenters. The lowest BCUT2D eigenvalue weighted by Gasteiger charge is -2.10. The van der Waals surface area contributed by atoms with Crippen LogP contribution < -0.4 is 4.74 Å². The number of nitrogens with zero attached hydrogens (tertiary/aromatic N) is 1. The molecule has 2 aromatic carbocycles. The van der Waals surface area contributed by atoms with Crippen LogP contribution in [0, 0.1) is 17.0 Å². The third-order valence-electron chi connectivity index (χ3n) is 2.78. The molecule has 0 N–H and O–H groups in total. The molecule has 0 aliphatic heterocycles. The van der Waals surface area contributed by atoms with Crippen LogP contribution in [0.1, 0.15) is 15.9 Å². The Morgan fingerprint density at radius 2 is 1.81 bits per heavy atom. The van der Waals surface area contributed by atoms with Gasteiger partial charge in [0.2, 0.25) is 0 Å². The number of carbonyl (C=O) groups excluding carboxylic acids is 1. The van der Waals surface area contributed by atoms with E-state index in [0.717, 1.165) is 24.0 Å². The minimum atomic E-state index is -0.593. The Balaban J connectivity index is 2.38. The number of hydrogen-bond donors (Lipinski definition) is 0. The lowest BCUT2D eigenvalue weighted by atomic mass is 10.1. The molecule has 2 aromatic rings. The van der Waals surface area contributed by atoms with E-state index in [0.29, 0.717) is 11.3 Å². The number of rotatable bonds is 4. The van der Waals surface area contributed by atoms with E-state index in [1.807, 2.05) is 0 Å². The van der Waals surface area contributed by atoms with Gasteiger partial charge in [-0.1, -0.05) is 23.2 Å². The summed E-state index contributed by atoms with van der Waals surface area (Å²) in [6, 6.07) is 7.16. The molecular formula is C14H9Cl2NO4. The van der Waals surface area contributed by atoms with Crippen molar-refractivity contribution < 1.29 is 14.5 Å². The summed E-state index contributed by atoms with van der Waals surface area (Å²) in [5.74, 6) is 0.554. The quantitative estimate of drug-likeness (QED) is 0.459. The molecule has 0 aromatic heterocycles. The van der Waals surface area contributed by atoms with Crippen molar-refractivity contribution in [3.05, 3.63) is 61.6 Å². The fraction of sp³-hybridized carbons (Fsp3) is 0.0714. The van der Waals surface area contributed by atoms with Crippen LogP contribution in [-0.4, -0.2) is 11.2 Å². The average molecular weight is 326 g/mol. The minimum absolute atomic E-state index is 0.0336. The molecule has 0 radical (unpaired) electrons. The molecule has 108 valence electrons. The standard InChI is InChI=1S/C14H9Cl2NO4/c1-8-4-11(3-2-9(8)7-18)21-14-12(15)5-10(17(19)20)6-13(14)16/h2-7H,1H3. The van der Waals surface area contributed by atoms with Crippen molar-refractivity contribution in [1.82, 2.24) is 0 Å². The van der Waals surface area contributed by atoms with Gasteiger partial charge < -0.3 is 4.74 Å². The number of aldehydes is 1. The molecule has 21 heavy (non-hydrogen) atoms. The van der Waals surface area contributed by atoms with Crippen molar-refractivity contribution in [2.75, 3.05) is 0 Å². The molecule has 0 amide bonds. The second-order valence-electron chi connectivity index (χ2n) is 4.23. The predicted molar refractivity (Wildman–Crippen MR) is 79.8 cm³/mol. The van der Waals surface area contributed by atoms with E-state index >= 15 is 0 Å². The number of nitro benzene ring substituents is 1. The van der Waals surface area contributed by atoms with Gasteiger partial charge >= 0.3 is 0 Å². The highest BCUT2D eigenvalue weighted by atomic mass is 35.5. The Bertz CT molecular complexity index is 708. The molecule has 0 aliphatic rings. The van der Waals surface area contributed by atoms with Crippen LogP contribution >= 0.6 is 23.2 Å². The van der Waals surface area contributed by atoms with E-state index in [-0.39, 0.29) is 21.5 Å². The monoisotopic (exact) mass is 325 g/mol. The lowest BCUT2D eigenvalue weighted by molar-refractivity contribution is -0.384. The summed E-state index contributed by atoms with van der Waals surface area (Å²) in [6.45, 7) is 1.76. The third kappa shape index (κ3) is 3.32. The normalized spacial score (nSPS) is 10.2. The van der Waals surface area contributed by atoms with Gasteiger partial charge in [0.05, 0.1) is 15.0 Å². The number of ether oxygens (including phenoxy) is 1. The Labute approximate surface area is 130 Å². The number of non-ortho nitro benzene ring substituents is 1. The van der Waals surface area contributed by atoms with Crippen molar-refractivity contribution in [2.24, 2.45) is 0 Å². The van der Waals surface area contributed by atoms with Gasteiger partial charge in [-0.2, -0.15) is 0 Å². The smallest absolute Gasteiger partial charge is 0.272 e. The second-order valence-corrected chi connectivity index (χ2v) is 5.05. The van der Waals surface area contributed by atoms with Crippen LogP contribution in [0.4, 0.5) is 5.69 Å². The SMILES string of the molecule is Cc1cc(Oc2c(Cl)cc([N+](=O)[O-])cc2Cl)ccc1C=O. The molecule has 7 heteroatoms. The van der Waals surface area contributed by atoms with E-state index in [1.165, 1.54) is 0 Å². The average Bonchev–Trinajstić information content (AvgIpc) is 2.42. The number of aryl methyl sites for hydroxylation is 1. The zero-order valence-corrected chi connectivity index (χ0v) is 12.3. The number of benzene rings is 2. The number of hydrogen-bond acceptors (Lipinski definition) is 4. The minimum Gasteiger partial charge on any atom is -0.454 e. The summed E-state index contributed by atoms with van der Waals surface area (Å²) in [5, 5.41) is 10.8. The van der Waals surface area contributed by atoms with E-state index in [1.54, 1.807) is 25.1 Å². The van der Waals surface area contributed by atoms with Gasteiger partial charge in [0.1, 0.15) is 12.0 Å². The first-order valence-corrected chi connectivity index (χ1v) is 6.55. The lowest BCUT2D eigenvalue weighted by Crippen LogP contribution is -1.93. The number of carbonyl (C=O) groups is 1. The number of halogens is 2. The molecule has 2 rings (SSSR count). The molecule has 0 saturated carbocycles. The first-order chi connectivity index (χ1) is 9.92. The van der Waals surface area contributed by atoms with Gasteiger partial charge in [0, 0.05) is 17.7 Å². The largest absolute Gasteiger partial charge is 0.454 e. The van der Waals surface area contributed by atoms with E-state index in [9.17, 15) is 14.9 Å². The van der Waals surface area contributed by atoms with Crippen LogP contribution in [0.2, 0.25) is 10.0 Å². The van der Waals surface area contributed by atoms with Crippen molar-refractivity contribution in [3.63, 3.8) is 0 Å². The van der Waals surface area contributed by atoms with Crippen molar-refractivity contribution >= 4 is 35.2 Å². The fourth-order valence-corrected chi connectivity index (χ4v) is 2.26. The molecule has 0 fully saturated rings. The third-order valence-corrected chi connectivity index (χ3v) is 3.34. The zero-order valence-electron chi connectivity index (χ0n) is 10.8. The summed E-state index contributed by atoms with van der Waals surface area (Å²) in [6.07, 6.45) is 0.741. The Hall–Kier alpha value is -2.11. The second kappa shape index (κ2) is 6.11. The summed E-state index contributed by atoms with van der Waals surface area (Å²) in [7, 11) is 0. The zero-order chi connectivity index (χ0) is 15.6. The molecule has 0 saturated heterocycles. The van der Waals surface area contributed by atoms with Crippen molar-refractivity contribution in [3.8, 4) is 11.5 Å². The molecule has 0 heterocycles. The fourth-order valence-electron chi connectivity index (χ4n) is 1.71. The first-order valence-electron chi connectivity index (χ1n) is 5.79. The van der Waals surface area contributed by atoms with Gasteiger partial charge in [-0.15, -0.1) is 0 Å². The first kappa shape index (κ1) is 15.3. The van der Waals surface area contributed by atoms with Crippen LogP contribution in [0.5, 0.6) is 11.5 Å². The predicted octanol–water partition coefficient (Wildman–Crippen LogP) is 4.81. The Morgan fingerprint density at radius 1 is 1.19 bits per heavy atom. The van der Waals surface area contributed by atoms with E-state index in [2.05, 4.69) is 0 Å². The van der Waals surface area contributed by atoms with Crippen LogP contribution in [-0.2, 0) is 0 Å². The number of nitro groups is 1. The van der Waals surface area contributed by atoms with Crippen molar-refractivity contribution in [1.29, 1.82) is 0 Å². The summed E-state index contributed by atoms with van der Waals surface area (Å²) in [5.41, 5.74) is 1.06. The Kier molecular flexibility index (Phi) is 4.45. The van der Waals surface area contributed by atoms with Crippen LogP contribution in [0.25, 0.3) is 0 Å². The summed E-state index contributed by atoms with van der Waals surface area (Å²) in [4.78, 5) is 20.9. The molecule has 0 bridgehead atoms. The highest BCUT2D eigenvalue weighted by Gasteiger charge is 2.16. The van der Waals surface area contributed by atoms with Gasteiger partial charge in [-0.3, -0.25) is 14.9 Å². The molecule has 0 spiro atoms. The topological polar surface area (TPSA) is 69.4 Å². The van der Waals surface area contributed by atoms with Gasteiger partial charge in [-0.05, 0) is 30.7 Å². The Morgan fingerprint density at radius 3 is 2.29 bits per heavy atom. The van der Waals surface area contributed by atoms with Crippen LogP contribution in [0.3, 0.4) is 0 Å². The maximum absolute atomic E-state index is 10.8. The van der Waals surface area contributed by atoms with E-state index < -0.39 is 4.92 Å². The molecule has 0 atom stereocenters. The molecular weight excluding hydrogens is 317 g/mol. The van der Waals surface area contributed by atoms with Crippen molar-refractivity contribution in [2.45, 2.75) is 6.92 Å². The van der Waals surface area contributed by atoms with Gasteiger partial charge in [0.25, 0.3) is 5.69 Å². The maximum Gasteiger partial charge on any atom is 0.272 e. The highest BCUT2D eigenvalue weighted by molar-refractivity contribution is 6.37. The molecule has 5 nitrogen and oxygen atoms in total. The van der Waals surface area contributed by atoms with Crippen LogP contribution in [0.15, 0.2) is 30.3 Å². The van der Waals surface area contributed by atoms with Gasteiger partial charge in [-0.25, -0.2) is 0 Å². The molecule has 0 aliphatic carbocycles.